The lowest BCUT2D eigenvalue weighted by molar-refractivity contribution is -0.126. The molecule has 9 heteroatoms. The minimum atomic E-state index is -0.569. The lowest BCUT2D eigenvalue weighted by Gasteiger charge is -2.40. The Morgan fingerprint density at radius 3 is 2.92 bits per heavy atom. The van der Waals surface area contributed by atoms with Gasteiger partial charge in [-0.2, -0.15) is 0 Å². The molecule has 8 nitrogen and oxygen atoms in total. The van der Waals surface area contributed by atoms with Crippen LogP contribution in [0.2, 0.25) is 0 Å². The number of carbonyl (C=O) groups is 1. The standard InChI is InChI=1S/C17H21N7OS/c1-11-8-26-16(22-11)23-15(25)17(9-18)3-6-24(7-4-17)14-12-2-5-19-13(12)20-10-21-14/h2,5,8,10H,3-4,6-7,9,18H2,1H3,(H,19,20,21)(H,22,23,25). The van der Waals surface area contributed by atoms with Crippen LogP contribution in [0.15, 0.2) is 24.0 Å². The van der Waals surface area contributed by atoms with Gasteiger partial charge in [0.25, 0.3) is 0 Å². The zero-order valence-corrected chi connectivity index (χ0v) is 15.3. The Labute approximate surface area is 154 Å². The number of thiazole rings is 1. The van der Waals surface area contributed by atoms with Crippen LogP contribution in [0.3, 0.4) is 0 Å². The first-order valence-corrected chi connectivity index (χ1v) is 9.46. The first-order valence-electron chi connectivity index (χ1n) is 8.58. The lowest BCUT2D eigenvalue weighted by Crippen LogP contribution is -2.50. The second-order valence-electron chi connectivity index (χ2n) is 6.66. The zero-order chi connectivity index (χ0) is 18.1. The van der Waals surface area contributed by atoms with Gasteiger partial charge in [0.2, 0.25) is 5.91 Å². The number of nitrogens with zero attached hydrogens (tertiary/aromatic N) is 4. The normalized spacial score (nSPS) is 16.8. The van der Waals surface area contributed by atoms with Gasteiger partial charge in [-0.1, -0.05) is 0 Å². The molecule has 26 heavy (non-hydrogen) atoms. The molecule has 0 aromatic carbocycles. The van der Waals surface area contributed by atoms with Crippen molar-refractivity contribution in [2.24, 2.45) is 11.1 Å². The van der Waals surface area contributed by atoms with E-state index in [4.69, 9.17) is 5.73 Å². The van der Waals surface area contributed by atoms with Gasteiger partial charge in [0.1, 0.15) is 17.8 Å². The van der Waals surface area contributed by atoms with Crippen LogP contribution < -0.4 is 16.0 Å². The molecule has 0 saturated carbocycles. The van der Waals surface area contributed by atoms with Crippen molar-refractivity contribution in [2.75, 3.05) is 29.9 Å². The largest absolute Gasteiger partial charge is 0.356 e. The maximum Gasteiger partial charge on any atom is 0.233 e. The molecule has 136 valence electrons. The van der Waals surface area contributed by atoms with Crippen LogP contribution in [0.4, 0.5) is 10.9 Å². The van der Waals surface area contributed by atoms with Crippen molar-refractivity contribution in [3.63, 3.8) is 0 Å². The van der Waals surface area contributed by atoms with Crippen molar-refractivity contribution < 1.29 is 4.79 Å². The molecule has 1 aliphatic rings. The summed E-state index contributed by atoms with van der Waals surface area (Å²) in [5, 5.41) is 6.49. The molecule has 1 amide bonds. The quantitative estimate of drug-likeness (QED) is 0.646. The molecule has 3 aromatic heterocycles. The number of rotatable bonds is 4. The van der Waals surface area contributed by atoms with E-state index >= 15 is 0 Å². The van der Waals surface area contributed by atoms with E-state index < -0.39 is 5.41 Å². The van der Waals surface area contributed by atoms with Crippen LogP contribution in [0.25, 0.3) is 11.0 Å². The molecule has 1 aliphatic heterocycles. The topological polar surface area (TPSA) is 113 Å². The van der Waals surface area contributed by atoms with E-state index in [0.717, 1.165) is 35.6 Å². The molecular weight excluding hydrogens is 350 g/mol. The summed E-state index contributed by atoms with van der Waals surface area (Å²) < 4.78 is 0. The van der Waals surface area contributed by atoms with E-state index in [0.29, 0.717) is 24.5 Å². The maximum atomic E-state index is 12.9. The van der Waals surface area contributed by atoms with Crippen molar-refractivity contribution in [3.8, 4) is 0 Å². The van der Waals surface area contributed by atoms with Gasteiger partial charge in [0.05, 0.1) is 16.5 Å². The second kappa shape index (κ2) is 6.65. The average Bonchev–Trinajstić information content (AvgIpc) is 3.30. The van der Waals surface area contributed by atoms with Crippen LogP contribution in [0, 0.1) is 12.3 Å². The number of amides is 1. The first-order chi connectivity index (χ1) is 12.6. The van der Waals surface area contributed by atoms with Crippen LogP contribution in [-0.4, -0.2) is 45.5 Å². The minimum absolute atomic E-state index is 0.0384. The number of carbonyl (C=O) groups excluding carboxylic acids is 1. The SMILES string of the molecule is Cc1csc(NC(=O)C2(CN)CCN(c3ncnc4[nH]ccc34)CC2)n1. The summed E-state index contributed by atoms with van der Waals surface area (Å²) >= 11 is 1.44. The molecular formula is C17H21N7OS. The third kappa shape index (κ3) is 2.93. The highest BCUT2D eigenvalue weighted by Crippen LogP contribution is 2.35. The highest BCUT2D eigenvalue weighted by Gasteiger charge is 2.41. The average molecular weight is 371 g/mol. The Morgan fingerprint density at radius 1 is 1.42 bits per heavy atom. The van der Waals surface area contributed by atoms with E-state index in [1.165, 1.54) is 11.3 Å². The molecule has 0 unspecified atom stereocenters. The Morgan fingerprint density at radius 2 is 2.23 bits per heavy atom. The van der Waals surface area contributed by atoms with E-state index in [9.17, 15) is 4.79 Å². The maximum absolute atomic E-state index is 12.9. The zero-order valence-electron chi connectivity index (χ0n) is 14.5. The number of piperidine rings is 1. The number of anilines is 2. The second-order valence-corrected chi connectivity index (χ2v) is 7.51. The van der Waals surface area contributed by atoms with Crippen molar-refractivity contribution >= 4 is 39.2 Å². The molecule has 4 N–H and O–H groups in total. The Bertz CT molecular complexity index is 926. The Balaban J connectivity index is 1.50. The summed E-state index contributed by atoms with van der Waals surface area (Å²) in [6, 6.07) is 1.98. The van der Waals surface area contributed by atoms with Gasteiger partial charge < -0.3 is 20.9 Å². The highest BCUT2D eigenvalue weighted by molar-refractivity contribution is 7.13. The number of hydrogen-bond acceptors (Lipinski definition) is 7. The molecule has 0 atom stereocenters. The molecule has 1 saturated heterocycles. The summed E-state index contributed by atoms with van der Waals surface area (Å²) in [7, 11) is 0. The number of H-pyrrole nitrogens is 1. The molecule has 0 bridgehead atoms. The van der Waals surface area contributed by atoms with Crippen LogP contribution in [0.5, 0.6) is 0 Å². The van der Waals surface area contributed by atoms with Crippen LogP contribution in [0.1, 0.15) is 18.5 Å². The Hall–Kier alpha value is -2.52. The van der Waals surface area contributed by atoms with Gasteiger partial charge >= 0.3 is 0 Å². The van der Waals surface area contributed by atoms with Crippen LogP contribution >= 0.6 is 11.3 Å². The van der Waals surface area contributed by atoms with E-state index in [-0.39, 0.29) is 5.91 Å². The molecule has 4 rings (SSSR count). The number of nitrogens with one attached hydrogen (secondary N) is 2. The van der Waals surface area contributed by atoms with Crippen molar-refractivity contribution in [1.82, 2.24) is 19.9 Å². The molecule has 3 aromatic rings. The molecule has 1 fully saturated rings. The van der Waals surface area contributed by atoms with Gasteiger partial charge in [0, 0.05) is 31.2 Å². The molecule has 0 aliphatic carbocycles. The number of aryl methyl sites for hydroxylation is 1. The predicted molar refractivity (Wildman–Crippen MR) is 102 cm³/mol. The third-order valence-corrected chi connectivity index (χ3v) is 5.94. The van der Waals surface area contributed by atoms with Crippen LogP contribution in [-0.2, 0) is 4.79 Å². The summed E-state index contributed by atoms with van der Waals surface area (Å²) in [5.74, 6) is 0.862. The fourth-order valence-electron chi connectivity index (χ4n) is 3.42. The third-order valence-electron chi connectivity index (χ3n) is 5.06. The fourth-order valence-corrected chi connectivity index (χ4v) is 4.11. The van der Waals surface area contributed by atoms with Gasteiger partial charge in [-0.15, -0.1) is 11.3 Å². The highest BCUT2D eigenvalue weighted by atomic mass is 32.1. The summed E-state index contributed by atoms with van der Waals surface area (Å²) in [5.41, 5.74) is 7.19. The Kier molecular flexibility index (Phi) is 4.33. The van der Waals surface area contributed by atoms with E-state index in [1.807, 2.05) is 24.6 Å². The van der Waals surface area contributed by atoms with E-state index in [2.05, 4.69) is 30.2 Å². The summed E-state index contributed by atoms with van der Waals surface area (Å²) in [4.78, 5) is 31.2. The van der Waals surface area contributed by atoms with Crippen molar-refractivity contribution in [2.45, 2.75) is 19.8 Å². The van der Waals surface area contributed by atoms with Gasteiger partial charge in [0.15, 0.2) is 5.13 Å². The molecule has 4 heterocycles. The summed E-state index contributed by atoms with van der Waals surface area (Å²) in [6.45, 7) is 3.67. The number of aromatic amines is 1. The predicted octanol–water partition coefficient (Wildman–Crippen LogP) is 1.91. The first kappa shape index (κ1) is 16.9. The lowest BCUT2D eigenvalue weighted by atomic mass is 9.77. The monoisotopic (exact) mass is 371 g/mol. The van der Waals surface area contributed by atoms with Gasteiger partial charge in [-0.25, -0.2) is 15.0 Å². The number of aromatic nitrogens is 4. The van der Waals surface area contributed by atoms with Gasteiger partial charge in [-0.05, 0) is 25.8 Å². The number of nitrogens with two attached hydrogens (primary N) is 1. The molecule has 0 radical (unpaired) electrons. The number of hydrogen-bond donors (Lipinski definition) is 3. The van der Waals surface area contributed by atoms with E-state index in [1.54, 1.807) is 6.33 Å². The molecule has 0 spiro atoms. The van der Waals surface area contributed by atoms with Crippen molar-refractivity contribution in [1.29, 1.82) is 0 Å². The van der Waals surface area contributed by atoms with Gasteiger partial charge in [-0.3, -0.25) is 4.79 Å². The smallest absolute Gasteiger partial charge is 0.233 e. The van der Waals surface area contributed by atoms with Crippen molar-refractivity contribution in [3.05, 3.63) is 29.7 Å². The summed E-state index contributed by atoms with van der Waals surface area (Å²) in [6.07, 6.45) is 4.78. The fraction of sp³-hybridized carbons (Fsp3) is 0.412. The number of fused-ring (bicyclic) bond motifs is 1. The minimum Gasteiger partial charge on any atom is -0.356 e.